The van der Waals surface area contributed by atoms with Gasteiger partial charge in [-0.15, -0.1) is 0 Å². The van der Waals surface area contributed by atoms with Crippen LogP contribution < -0.4 is 0 Å². The van der Waals surface area contributed by atoms with Crippen molar-refractivity contribution >= 4 is 13.3 Å². The summed E-state index contributed by atoms with van der Waals surface area (Å²) >= 11 is -1.48. The van der Waals surface area contributed by atoms with Crippen LogP contribution in [0.2, 0.25) is 17.3 Å². The summed E-state index contributed by atoms with van der Waals surface area (Å²) in [4.78, 5) is 2.34. The number of allylic oxidation sites excluding steroid dienone is 1. The number of rotatable bonds is 3. The Morgan fingerprint density at radius 2 is 1.83 bits per heavy atom. The first-order valence-corrected chi connectivity index (χ1v) is 12.2. The summed E-state index contributed by atoms with van der Waals surface area (Å²) in [6.07, 6.45) is 1.19. The van der Waals surface area contributed by atoms with Crippen molar-refractivity contribution in [2.75, 3.05) is 0 Å². The minimum absolute atomic E-state index is 0.762. The van der Waals surface area contributed by atoms with E-state index in [9.17, 15) is 0 Å². The van der Waals surface area contributed by atoms with Crippen LogP contribution in [0.3, 0.4) is 0 Å². The van der Waals surface area contributed by atoms with Crippen molar-refractivity contribution in [2.45, 2.75) is 44.5 Å². The van der Waals surface area contributed by atoms with E-state index < -0.39 is 13.3 Å². The van der Waals surface area contributed by atoms with Gasteiger partial charge in [0, 0.05) is 0 Å². The molecule has 12 heavy (non-hydrogen) atoms. The number of hydrogen-bond acceptors (Lipinski definition) is 0. The SMILES string of the molecule is CC(=C=[CH][Ge]([CH3])([CH3])[CH3])CC(C)C. The van der Waals surface area contributed by atoms with Crippen molar-refractivity contribution in [1.29, 1.82) is 0 Å². The molecule has 0 radical (unpaired) electrons. The molecule has 0 N–H and O–H groups in total. The number of hydrogen-bond donors (Lipinski definition) is 0. The monoisotopic (exact) mass is 228 g/mol. The van der Waals surface area contributed by atoms with E-state index in [1.807, 2.05) is 0 Å². The van der Waals surface area contributed by atoms with E-state index in [-0.39, 0.29) is 0 Å². The van der Waals surface area contributed by atoms with Gasteiger partial charge in [-0.1, -0.05) is 0 Å². The average Bonchev–Trinajstić information content (AvgIpc) is 1.80. The predicted molar refractivity (Wildman–Crippen MR) is 60.1 cm³/mol. The van der Waals surface area contributed by atoms with Gasteiger partial charge in [-0.3, -0.25) is 0 Å². The topological polar surface area (TPSA) is 0 Å². The van der Waals surface area contributed by atoms with Crippen LogP contribution in [0.15, 0.2) is 16.2 Å². The second-order valence-electron chi connectivity index (χ2n) is 5.03. The summed E-state index contributed by atoms with van der Waals surface area (Å²) in [5.74, 6) is 7.92. The van der Waals surface area contributed by atoms with E-state index >= 15 is 0 Å². The molecular weight excluding hydrogens is 205 g/mol. The van der Waals surface area contributed by atoms with Crippen LogP contribution in [-0.4, -0.2) is 13.3 Å². The second kappa shape index (κ2) is 4.94. The molecule has 0 unspecified atom stereocenters. The first-order valence-electron chi connectivity index (χ1n) is 4.74. The van der Waals surface area contributed by atoms with Gasteiger partial charge in [0.05, 0.1) is 0 Å². The van der Waals surface area contributed by atoms with E-state index in [4.69, 9.17) is 0 Å². The molecule has 0 amide bonds. The van der Waals surface area contributed by atoms with E-state index in [0.29, 0.717) is 0 Å². The zero-order valence-electron chi connectivity index (χ0n) is 9.36. The van der Waals surface area contributed by atoms with Crippen molar-refractivity contribution in [3.05, 3.63) is 16.2 Å². The van der Waals surface area contributed by atoms with Crippen LogP contribution in [0.25, 0.3) is 0 Å². The summed E-state index contributed by atoms with van der Waals surface area (Å²) in [5, 5.41) is 0. The Hall–Kier alpha value is 0.0629. The normalized spacial score (nSPS) is 11.2. The van der Waals surface area contributed by atoms with E-state index in [1.165, 1.54) is 12.0 Å². The Balaban J connectivity index is 4.25. The zero-order chi connectivity index (χ0) is 9.78. The van der Waals surface area contributed by atoms with Gasteiger partial charge < -0.3 is 0 Å². The molecule has 0 saturated carbocycles. The molecule has 0 fully saturated rings. The second-order valence-corrected chi connectivity index (χ2v) is 15.6. The molecular formula is C11H22Ge. The third kappa shape index (κ3) is 8.16. The van der Waals surface area contributed by atoms with Crippen molar-refractivity contribution in [3.8, 4) is 0 Å². The first kappa shape index (κ1) is 12.1. The van der Waals surface area contributed by atoms with Crippen LogP contribution in [0.5, 0.6) is 0 Å². The van der Waals surface area contributed by atoms with Gasteiger partial charge in [-0.25, -0.2) is 0 Å². The Bertz CT molecular complexity index is 188. The molecule has 0 saturated heterocycles. The molecule has 70 valence electrons. The molecule has 0 aromatic rings. The standard InChI is InChI=1S/C11H22Ge/c1-10(2)9-11(3)7-8-12(4,5)6/h8,10H,9H2,1-6H3. The molecule has 0 aliphatic rings. The van der Waals surface area contributed by atoms with Crippen molar-refractivity contribution in [3.63, 3.8) is 0 Å². The first-order chi connectivity index (χ1) is 5.31. The predicted octanol–water partition coefficient (Wildman–Crippen LogP) is 4.01. The van der Waals surface area contributed by atoms with Gasteiger partial charge in [0.25, 0.3) is 0 Å². The van der Waals surface area contributed by atoms with Crippen molar-refractivity contribution < 1.29 is 0 Å². The molecule has 0 aromatic heterocycles. The van der Waals surface area contributed by atoms with Crippen molar-refractivity contribution in [1.82, 2.24) is 0 Å². The minimum atomic E-state index is -1.48. The van der Waals surface area contributed by atoms with E-state index in [2.05, 4.69) is 48.7 Å². The maximum absolute atomic E-state index is 3.43. The fraction of sp³-hybridized carbons (Fsp3) is 0.727. The van der Waals surface area contributed by atoms with Gasteiger partial charge in [0.15, 0.2) is 0 Å². The summed E-state index contributed by atoms with van der Waals surface area (Å²) in [5.41, 5.74) is 4.84. The summed E-state index contributed by atoms with van der Waals surface area (Å²) in [7, 11) is 0. The van der Waals surface area contributed by atoms with Gasteiger partial charge in [0.1, 0.15) is 0 Å². The molecule has 0 aromatic carbocycles. The van der Waals surface area contributed by atoms with Crippen LogP contribution in [0.4, 0.5) is 0 Å². The quantitative estimate of drug-likeness (QED) is 0.504. The molecule has 1 heteroatoms. The molecule has 0 aliphatic heterocycles. The summed E-state index contributed by atoms with van der Waals surface area (Å²) < 4.78 is 0. The zero-order valence-corrected chi connectivity index (χ0v) is 11.5. The molecule has 0 rings (SSSR count). The fourth-order valence-corrected chi connectivity index (χ4v) is 2.44. The molecule has 0 heterocycles. The fourth-order valence-electron chi connectivity index (χ4n) is 1.01. The third-order valence-electron chi connectivity index (χ3n) is 1.47. The Morgan fingerprint density at radius 1 is 1.33 bits per heavy atom. The maximum atomic E-state index is 3.43. The van der Waals surface area contributed by atoms with Crippen LogP contribution >= 0.6 is 0 Å². The van der Waals surface area contributed by atoms with Crippen LogP contribution in [0, 0.1) is 5.92 Å². The van der Waals surface area contributed by atoms with E-state index in [1.54, 1.807) is 0 Å². The Morgan fingerprint density at radius 3 is 2.17 bits per heavy atom. The van der Waals surface area contributed by atoms with E-state index in [0.717, 1.165) is 5.92 Å². The molecule has 0 spiro atoms. The summed E-state index contributed by atoms with van der Waals surface area (Å²) in [6, 6.07) is 0. The molecule has 0 bridgehead atoms. The van der Waals surface area contributed by atoms with Gasteiger partial charge in [0.2, 0.25) is 0 Å². The Kier molecular flexibility index (Phi) is 4.96. The summed E-state index contributed by atoms with van der Waals surface area (Å²) in [6.45, 7) is 6.69. The van der Waals surface area contributed by atoms with Gasteiger partial charge in [-0.2, -0.15) is 0 Å². The van der Waals surface area contributed by atoms with Gasteiger partial charge in [-0.05, 0) is 0 Å². The van der Waals surface area contributed by atoms with Crippen LogP contribution in [0.1, 0.15) is 27.2 Å². The third-order valence-corrected chi connectivity index (χ3v) is 3.59. The van der Waals surface area contributed by atoms with Gasteiger partial charge >= 0.3 is 79.9 Å². The Labute approximate surface area is 80.1 Å². The molecule has 0 atom stereocenters. The van der Waals surface area contributed by atoms with Crippen molar-refractivity contribution in [2.24, 2.45) is 5.92 Å². The van der Waals surface area contributed by atoms with Crippen LogP contribution in [-0.2, 0) is 0 Å². The molecule has 0 nitrogen and oxygen atoms in total. The average molecular weight is 227 g/mol. The molecule has 0 aliphatic carbocycles.